The molecule has 10 heavy (non-hydrogen) atoms. The molecule has 54 valence electrons. The van der Waals surface area contributed by atoms with Gasteiger partial charge < -0.3 is 0 Å². The molecule has 0 bridgehead atoms. The van der Waals surface area contributed by atoms with Gasteiger partial charge in [-0.2, -0.15) is 9.97 Å². The smallest absolute Gasteiger partial charge is 0.294 e. The van der Waals surface area contributed by atoms with Gasteiger partial charge in [0.05, 0.1) is 0 Å². The van der Waals surface area contributed by atoms with Crippen LogP contribution in [0.3, 0.4) is 0 Å². The van der Waals surface area contributed by atoms with Crippen LogP contribution in [0.15, 0.2) is 4.79 Å². The summed E-state index contributed by atoms with van der Waals surface area (Å²) >= 11 is 0. The maximum absolute atomic E-state index is 10.5. The van der Waals surface area contributed by atoms with Crippen LogP contribution in [-0.2, 0) is 0 Å². The lowest BCUT2D eigenvalue weighted by atomic mass is 10.7. The zero-order valence-corrected chi connectivity index (χ0v) is 5.25. The maximum Gasteiger partial charge on any atom is 0.349 e. The van der Waals surface area contributed by atoms with Gasteiger partial charge >= 0.3 is 5.69 Å². The van der Waals surface area contributed by atoms with E-state index in [1.165, 1.54) is 0 Å². The van der Waals surface area contributed by atoms with Crippen LogP contribution in [0.25, 0.3) is 0 Å². The first kappa shape index (κ1) is 6.69. The molecule has 6 nitrogen and oxygen atoms in total. The highest BCUT2D eigenvalue weighted by atomic mass is 16.5. The molecule has 1 aromatic heterocycles. The Morgan fingerprint density at radius 2 is 2.30 bits per heavy atom. The molecule has 0 saturated carbocycles. The van der Waals surface area contributed by atoms with Gasteiger partial charge in [-0.25, -0.2) is 10.3 Å². The Bertz CT molecular complexity index is 281. The van der Waals surface area contributed by atoms with E-state index in [0.717, 1.165) is 0 Å². The van der Waals surface area contributed by atoms with Crippen LogP contribution in [0, 0.1) is 6.92 Å². The zero-order chi connectivity index (χ0) is 7.56. The number of hydrogen-bond donors (Lipinski definition) is 3. The SMILES string of the molecule is Cc1nc(NO)nc(=O)[nH]1. The van der Waals surface area contributed by atoms with Crippen LogP contribution in [0.4, 0.5) is 5.95 Å². The minimum Gasteiger partial charge on any atom is -0.294 e. The number of hydrogen-bond acceptors (Lipinski definition) is 5. The Morgan fingerprint density at radius 1 is 1.60 bits per heavy atom. The first-order valence-corrected chi connectivity index (χ1v) is 2.57. The highest BCUT2D eigenvalue weighted by Crippen LogP contribution is 1.88. The average Bonchev–Trinajstić information content (AvgIpc) is 1.85. The predicted molar refractivity (Wildman–Crippen MR) is 32.8 cm³/mol. The fraction of sp³-hybridized carbons (Fsp3) is 0.250. The molecule has 1 heterocycles. The van der Waals surface area contributed by atoms with Crippen LogP contribution in [0.1, 0.15) is 5.82 Å². The summed E-state index contributed by atoms with van der Waals surface area (Å²) in [7, 11) is 0. The van der Waals surface area contributed by atoms with E-state index in [-0.39, 0.29) is 5.95 Å². The highest BCUT2D eigenvalue weighted by molar-refractivity contribution is 5.16. The maximum atomic E-state index is 10.5. The molecule has 0 fully saturated rings. The molecule has 0 radical (unpaired) electrons. The predicted octanol–water partition coefficient (Wildman–Crippen LogP) is -0.726. The van der Waals surface area contributed by atoms with Gasteiger partial charge in [0.2, 0.25) is 0 Å². The summed E-state index contributed by atoms with van der Waals surface area (Å²) in [6.45, 7) is 1.59. The number of H-pyrrole nitrogens is 1. The van der Waals surface area contributed by atoms with Crippen LogP contribution in [0.5, 0.6) is 0 Å². The molecule has 0 aliphatic carbocycles. The molecular weight excluding hydrogens is 136 g/mol. The molecule has 1 rings (SSSR count). The number of aromatic nitrogens is 3. The molecule has 0 saturated heterocycles. The molecule has 0 spiro atoms. The van der Waals surface area contributed by atoms with E-state index < -0.39 is 5.69 Å². The van der Waals surface area contributed by atoms with Crippen molar-refractivity contribution in [3.63, 3.8) is 0 Å². The summed E-state index contributed by atoms with van der Waals surface area (Å²) in [5.74, 6) is 0.304. The van der Waals surface area contributed by atoms with Gasteiger partial charge in [0.25, 0.3) is 5.95 Å². The van der Waals surface area contributed by atoms with Crippen LogP contribution >= 0.6 is 0 Å². The number of anilines is 1. The van der Waals surface area contributed by atoms with E-state index in [9.17, 15) is 4.79 Å². The van der Waals surface area contributed by atoms with Crippen molar-refractivity contribution in [2.75, 3.05) is 5.48 Å². The van der Waals surface area contributed by atoms with Crippen molar-refractivity contribution < 1.29 is 5.21 Å². The lowest BCUT2D eigenvalue weighted by Gasteiger charge is -1.94. The molecule has 0 amide bonds. The van der Waals surface area contributed by atoms with Crippen molar-refractivity contribution in [2.24, 2.45) is 0 Å². The lowest BCUT2D eigenvalue weighted by Crippen LogP contribution is -2.15. The van der Waals surface area contributed by atoms with Crippen molar-refractivity contribution in [3.05, 3.63) is 16.3 Å². The third-order valence-electron chi connectivity index (χ3n) is 0.869. The normalized spacial score (nSPS) is 9.40. The van der Waals surface area contributed by atoms with Crippen molar-refractivity contribution in [2.45, 2.75) is 6.92 Å². The summed E-state index contributed by atoms with van der Waals surface area (Å²) in [6, 6.07) is 0. The van der Waals surface area contributed by atoms with E-state index in [1.54, 1.807) is 12.4 Å². The molecule has 0 atom stereocenters. The molecule has 0 unspecified atom stereocenters. The first-order chi connectivity index (χ1) is 4.72. The fourth-order valence-electron chi connectivity index (χ4n) is 0.541. The highest BCUT2D eigenvalue weighted by Gasteiger charge is 1.94. The Hall–Kier alpha value is -1.43. The average molecular weight is 142 g/mol. The number of nitrogens with one attached hydrogen (secondary N) is 2. The quantitative estimate of drug-likeness (QED) is 0.450. The van der Waals surface area contributed by atoms with Gasteiger partial charge in [-0.1, -0.05) is 0 Å². The number of nitrogens with zero attached hydrogens (tertiary/aromatic N) is 2. The molecule has 0 aromatic carbocycles. The van der Waals surface area contributed by atoms with Crippen molar-refractivity contribution in [1.29, 1.82) is 0 Å². The van der Waals surface area contributed by atoms with E-state index in [4.69, 9.17) is 5.21 Å². The van der Waals surface area contributed by atoms with Gasteiger partial charge in [0.1, 0.15) is 5.82 Å². The topological polar surface area (TPSA) is 90.9 Å². The standard InChI is InChI=1S/C4H6N4O2/c1-2-5-3(8-10)7-4(9)6-2/h10H,1H3,(H2,5,6,7,8,9). The van der Waals surface area contributed by atoms with Gasteiger partial charge in [0.15, 0.2) is 0 Å². The summed E-state index contributed by atoms with van der Waals surface area (Å²) in [5.41, 5.74) is 1.13. The molecule has 1 aromatic rings. The van der Waals surface area contributed by atoms with Gasteiger partial charge in [-0.05, 0) is 6.92 Å². The minimum absolute atomic E-state index is 0.0961. The minimum atomic E-state index is -0.538. The summed E-state index contributed by atoms with van der Waals surface area (Å²) in [4.78, 5) is 19.7. The molecular formula is C4H6N4O2. The Morgan fingerprint density at radius 3 is 2.80 bits per heavy atom. The summed E-state index contributed by atoms with van der Waals surface area (Å²) in [6.07, 6.45) is 0. The fourth-order valence-corrected chi connectivity index (χ4v) is 0.541. The largest absolute Gasteiger partial charge is 0.349 e. The number of aryl methyl sites for hydroxylation is 1. The van der Waals surface area contributed by atoms with Crippen molar-refractivity contribution >= 4 is 5.95 Å². The molecule has 3 N–H and O–H groups in total. The Labute approximate surface area is 55.9 Å². The van der Waals surface area contributed by atoms with E-state index in [1.807, 2.05) is 0 Å². The zero-order valence-electron chi connectivity index (χ0n) is 5.25. The van der Waals surface area contributed by atoms with Gasteiger partial charge in [-0.15, -0.1) is 0 Å². The second-order valence-corrected chi connectivity index (χ2v) is 1.67. The summed E-state index contributed by atoms with van der Waals surface area (Å²) < 4.78 is 0. The summed E-state index contributed by atoms with van der Waals surface area (Å²) in [5, 5.41) is 8.26. The molecule has 0 aliphatic heterocycles. The van der Waals surface area contributed by atoms with Crippen molar-refractivity contribution in [3.8, 4) is 0 Å². The first-order valence-electron chi connectivity index (χ1n) is 2.57. The Kier molecular flexibility index (Phi) is 1.63. The third kappa shape index (κ3) is 1.29. The van der Waals surface area contributed by atoms with E-state index in [0.29, 0.717) is 5.82 Å². The Balaban J connectivity index is 3.19. The number of rotatable bonds is 1. The number of aromatic amines is 1. The van der Waals surface area contributed by atoms with Crippen LogP contribution < -0.4 is 11.2 Å². The lowest BCUT2D eigenvalue weighted by molar-refractivity contribution is 0.381. The van der Waals surface area contributed by atoms with E-state index in [2.05, 4.69) is 15.0 Å². The van der Waals surface area contributed by atoms with E-state index >= 15 is 0 Å². The van der Waals surface area contributed by atoms with Crippen LogP contribution in [0.2, 0.25) is 0 Å². The van der Waals surface area contributed by atoms with Crippen molar-refractivity contribution in [1.82, 2.24) is 15.0 Å². The van der Waals surface area contributed by atoms with Gasteiger partial charge in [-0.3, -0.25) is 10.2 Å². The molecule has 6 heteroatoms. The second kappa shape index (κ2) is 2.44. The van der Waals surface area contributed by atoms with Gasteiger partial charge in [0, 0.05) is 0 Å². The monoisotopic (exact) mass is 142 g/mol. The molecule has 0 aliphatic rings. The third-order valence-corrected chi connectivity index (χ3v) is 0.869. The van der Waals surface area contributed by atoms with Crippen LogP contribution in [-0.4, -0.2) is 20.2 Å². The second-order valence-electron chi connectivity index (χ2n) is 1.67.